The first-order valence-corrected chi connectivity index (χ1v) is 9.00. The minimum atomic E-state index is 0.678. The Kier molecular flexibility index (Phi) is 8.52. The van der Waals surface area contributed by atoms with Gasteiger partial charge in [0, 0.05) is 0 Å². The van der Waals surface area contributed by atoms with Crippen molar-refractivity contribution in [2.45, 2.75) is 25.7 Å². The van der Waals surface area contributed by atoms with Gasteiger partial charge in [-0.2, -0.15) is 5.26 Å². The van der Waals surface area contributed by atoms with Gasteiger partial charge in [-0.15, -0.1) is 0 Å². The summed E-state index contributed by atoms with van der Waals surface area (Å²) in [4.78, 5) is 0. The van der Waals surface area contributed by atoms with Crippen molar-refractivity contribution in [2.24, 2.45) is 0 Å². The highest BCUT2D eigenvalue weighted by atomic mass is 16.5. The first-order valence-electron chi connectivity index (χ1n) is 9.00. The zero-order valence-electron chi connectivity index (χ0n) is 15.1. The SMILES string of the molecule is C=C/C=C/CCCCCOc1ccc(/C=C/c2ccc(C#N)cc2)cc1. The van der Waals surface area contributed by atoms with Gasteiger partial charge in [-0.05, 0) is 61.1 Å². The summed E-state index contributed by atoms with van der Waals surface area (Å²) in [7, 11) is 0. The van der Waals surface area contributed by atoms with Crippen LogP contribution in [0.15, 0.2) is 73.3 Å². The van der Waals surface area contributed by atoms with Crippen LogP contribution in [0.1, 0.15) is 42.4 Å². The van der Waals surface area contributed by atoms with E-state index in [0.717, 1.165) is 36.3 Å². The minimum absolute atomic E-state index is 0.678. The van der Waals surface area contributed by atoms with E-state index in [4.69, 9.17) is 10.00 Å². The quantitative estimate of drug-likeness (QED) is 0.284. The highest BCUT2D eigenvalue weighted by molar-refractivity contribution is 5.70. The standard InChI is InChI=1S/C24H25NO/c1-2-3-4-5-6-7-8-19-26-24-17-15-22(16-18-24)10-9-21-11-13-23(20-25)14-12-21/h2-4,9-18H,1,5-8,19H2/b4-3+,10-9+. The molecule has 0 saturated carbocycles. The number of nitrogens with zero attached hydrogens (tertiary/aromatic N) is 1. The molecule has 2 heteroatoms. The largest absolute Gasteiger partial charge is 0.494 e. The predicted octanol–water partition coefficient (Wildman–Crippen LogP) is 6.41. The Balaban J connectivity index is 1.72. The second-order valence-corrected chi connectivity index (χ2v) is 6.00. The maximum absolute atomic E-state index is 8.81. The zero-order chi connectivity index (χ0) is 18.5. The number of hydrogen-bond acceptors (Lipinski definition) is 2. The predicted molar refractivity (Wildman–Crippen MR) is 110 cm³/mol. The smallest absolute Gasteiger partial charge is 0.119 e. The lowest BCUT2D eigenvalue weighted by molar-refractivity contribution is 0.305. The molecular formula is C24H25NO. The zero-order valence-corrected chi connectivity index (χ0v) is 15.1. The third-order valence-electron chi connectivity index (χ3n) is 3.94. The molecule has 0 aromatic heterocycles. The van der Waals surface area contributed by atoms with Gasteiger partial charge < -0.3 is 4.74 Å². The van der Waals surface area contributed by atoms with E-state index < -0.39 is 0 Å². The van der Waals surface area contributed by atoms with Crippen molar-refractivity contribution in [3.05, 3.63) is 90.0 Å². The molecule has 0 saturated heterocycles. The van der Waals surface area contributed by atoms with Crippen molar-refractivity contribution in [3.63, 3.8) is 0 Å². The molecule has 0 amide bonds. The van der Waals surface area contributed by atoms with Crippen molar-refractivity contribution in [2.75, 3.05) is 6.61 Å². The molecule has 2 nitrogen and oxygen atoms in total. The fourth-order valence-electron chi connectivity index (χ4n) is 2.46. The second kappa shape index (κ2) is 11.5. The molecule has 2 aromatic rings. The van der Waals surface area contributed by atoms with Crippen molar-refractivity contribution < 1.29 is 4.74 Å². The van der Waals surface area contributed by atoms with E-state index in [0.29, 0.717) is 5.56 Å². The Morgan fingerprint density at radius 1 is 0.885 bits per heavy atom. The second-order valence-electron chi connectivity index (χ2n) is 6.00. The van der Waals surface area contributed by atoms with Crippen LogP contribution in [0.2, 0.25) is 0 Å². The molecule has 0 radical (unpaired) electrons. The summed E-state index contributed by atoms with van der Waals surface area (Å²) in [6.07, 6.45) is 14.6. The number of hydrogen-bond donors (Lipinski definition) is 0. The Bertz CT molecular complexity index is 761. The van der Waals surface area contributed by atoms with Gasteiger partial charge in [0.15, 0.2) is 0 Å². The van der Waals surface area contributed by atoms with E-state index in [2.05, 4.69) is 36.9 Å². The molecule has 0 atom stereocenters. The van der Waals surface area contributed by atoms with Crippen LogP contribution in [-0.2, 0) is 0 Å². The summed E-state index contributed by atoms with van der Waals surface area (Å²) in [5, 5.41) is 8.81. The normalized spacial score (nSPS) is 10.9. The van der Waals surface area contributed by atoms with Gasteiger partial charge in [0.05, 0.1) is 18.2 Å². The van der Waals surface area contributed by atoms with E-state index in [-0.39, 0.29) is 0 Å². The fourth-order valence-corrected chi connectivity index (χ4v) is 2.46. The molecule has 2 aromatic carbocycles. The number of unbranched alkanes of at least 4 members (excludes halogenated alkanes) is 3. The highest BCUT2D eigenvalue weighted by Gasteiger charge is 1.95. The van der Waals surface area contributed by atoms with Gasteiger partial charge in [-0.25, -0.2) is 0 Å². The van der Waals surface area contributed by atoms with Crippen molar-refractivity contribution in [1.29, 1.82) is 5.26 Å². The van der Waals surface area contributed by atoms with Crippen LogP contribution >= 0.6 is 0 Å². The van der Waals surface area contributed by atoms with Crippen molar-refractivity contribution in [1.82, 2.24) is 0 Å². The number of allylic oxidation sites excluding steroid dienone is 3. The van der Waals surface area contributed by atoms with Gasteiger partial charge in [0.25, 0.3) is 0 Å². The number of ether oxygens (including phenoxy) is 1. The lowest BCUT2D eigenvalue weighted by Crippen LogP contribution is -1.96. The van der Waals surface area contributed by atoms with Gasteiger partial charge in [-0.1, -0.05) is 61.2 Å². The maximum Gasteiger partial charge on any atom is 0.119 e. The minimum Gasteiger partial charge on any atom is -0.494 e. The Morgan fingerprint density at radius 3 is 2.15 bits per heavy atom. The van der Waals surface area contributed by atoms with Crippen LogP contribution in [0.3, 0.4) is 0 Å². The molecule has 26 heavy (non-hydrogen) atoms. The molecule has 0 aliphatic rings. The van der Waals surface area contributed by atoms with Crippen LogP contribution in [0, 0.1) is 11.3 Å². The van der Waals surface area contributed by atoms with Gasteiger partial charge >= 0.3 is 0 Å². The fraction of sp³-hybridized carbons (Fsp3) is 0.208. The van der Waals surface area contributed by atoms with Gasteiger partial charge in [0.2, 0.25) is 0 Å². The molecule has 0 aliphatic carbocycles. The molecule has 2 rings (SSSR count). The molecule has 0 spiro atoms. The third-order valence-corrected chi connectivity index (χ3v) is 3.94. The van der Waals surface area contributed by atoms with E-state index in [1.165, 1.54) is 12.8 Å². The summed E-state index contributed by atoms with van der Waals surface area (Å²) < 4.78 is 5.79. The number of rotatable bonds is 10. The molecule has 0 fully saturated rings. The van der Waals surface area contributed by atoms with Crippen LogP contribution in [0.25, 0.3) is 12.2 Å². The van der Waals surface area contributed by atoms with Crippen LogP contribution in [-0.4, -0.2) is 6.61 Å². The molecule has 132 valence electrons. The molecule has 0 aliphatic heterocycles. The Hall–Kier alpha value is -3.05. The lowest BCUT2D eigenvalue weighted by Gasteiger charge is -2.06. The van der Waals surface area contributed by atoms with Gasteiger partial charge in [0.1, 0.15) is 5.75 Å². The average molecular weight is 343 g/mol. The monoisotopic (exact) mass is 343 g/mol. The molecule has 0 unspecified atom stereocenters. The molecule has 0 heterocycles. The van der Waals surface area contributed by atoms with E-state index in [1.54, 1.807) is 0 Å². The summed E-state index contributed by atoms with van der Waals surface area (Å²) in [5.41, 5.74) is 2.87. The summed E-state index contributed by atoms with van der Waals surface area (Å²) in [5.74, 6) is 0.909. The van der Waals surface area contributed by atoms with E-state index in [9.17, 15) is 0 Å². The van der Waals surface area contributed by atoms with Crippen LogP contribution in [0.5, 0.6) is 5.75 Å². The lowest BCUT2D eigenvalue weighted by atomic mass is 10.1. The van der Waals surface area contributed by atoms with Crippen molar-refractivity contribution in [3.8, 4) is 11.8 Å². The summed E-state index contributed by atoms with van der Waals surface area (Å²) >= 11 is 0. The first kappa shape index (κ1) is 19.3. The van der Waals surface area contributed by atoms with E-state index >= 15 is 0 Å². The Morgan fingerprint density at radius 2 is 1.54 bits per heavy atom. The number of nitriles is 1. The number of benzene rings is 2. The molecule has 0 N–H and O–H groups in total. The highest BCUT2D eigenvalue weighted by Crippen LogP contribution is 2.15. The molecular weight excluding hydrogens is 318 g/mol. The Labute approximate surface area is 156 Å². The third kappa shape index (κ3) is 7.23. The summed E-state index contributed by atoms with van der Waals surface area (Å²) in [6, 6.07) is 17.8. The van der Waals surface area contributed by atoms with Crippen molar-refractivity contribution >= 4 is 12.2 Å². The summed E-state index contributed by atoms with van der Waals surface area (Å²) in [6.45, 7) is 4.41. The van der Waals surface area contributed by atoms with Gasteiger partial charge in [-0.3, -0.25) is 0 Å². The maximum atomic E-state index is 8.81. The van der Waals surface area contributed by atoms with Crippen LogP contribution in [0.4, 0.5) is 0 Å². The van der Waals surface area contributed by atoms with Crippen LogP contribution < -0.4 is 4.74 Å². The first-order chi connectivity index (χ1) is 12.8. The molecule has 0 bridgehead atoms. The van der Waals surface area contributed by atoms with E-state index in [1.807, 2.05) is 54.6 Å². The topological polar surface area (TPSA) is 33.0 Å². The average Bonchev–Trinajstić information content (AvgIpc) is 2.69.